The summed E-state index contributed by atoms with van der Waals surface area (Å²) in [6.07, 6.45) is 5.28. The van der Waals surface area contributed by atoms with Crippen LogP contribution in [0.3, 0.4) is 0 Å². The van der Waals surface area contributed by atoms with Crippen LogP contribution in [0.2, 0.25) is 5.02 Å². The van der Waals surface area contributed by atoms with E-state index in [-0.39, 0.29) is 28.5 Å². The molecule has 1 N–H and O–H groups in total. The summed E-state index contributed by atoms with van der Waals surface area (Å²) < 4.78 is 0. The van der Waals surface area contributed by atoms with Crippen molar-refractivity contribution in [3.05, 3.63) is 80.4 Å². The van der Waals surface area contributed by atoms with E-state index >= 15 is 0 Å². The van der Waals surface area contributed by atoms with Gasteiger partial charge in [-0.05, 0) is 42.5 Å². The molecule has 1 aliphatic heterocycles. The van der Waals surface area contributed by atoms with Crippen molar-refractivity contribution >= 4 is 23.0 Å². The van der Waals surface area contributed by atoms with Crippen molar-refractivity contribution in [2.45, 2.75) is 25.3 Å². The largest absolute Gasteiger partial charge is 0.377 e. The zero-order chi connectivity index (χ0) is 16.8. The van der Waals surface area contributed by atoms with Crippen LogP contribution in [0.5, 0.6) is 0 Å². The third-order valence-electron chi connectivity index (χ3n) is 5.10. The first kappa shape index (κ1) is 15.2. The molecule has 0 unspecified atom stereocenters. The molecule has 122 valence electrons. The van der Waals surface area contributed by atoms with Gasteiger partial charge in [0.2, 0.25) is 0 Å². The van der Waals surface area contributed by atoms with Crippen molar-refractivity contribution in [3.8, 4) is 0 Å². The first-order valence-corrected chi connectivity index (χ1v) is 8.40. The van der Waals surface area contributed by atoms with Crippen molar-refractivity contribution in [1.82, 2.24) is 0 Å². The first-order chi connectivity index (χ1) is 11.6. The van der Waals surface area contributed by atoms with Crippen LogP contribution in [0.25, 0.3) is 0 Å². The molecule has 2 aliphatic rings. The van der Waals surface area contributed by atoms with Crippen LogP contribution in [0, 0.1) is 23.0 Å². The normalized spacial score (nSPS) is 24.2. The van der Waals surface area contributed by atoms with Gasteiger partial charge in [-0.1, -0.05) is 42.0 Å². The molecule has 0 spiro atoms. The molecule has 24 heavy (non-hydrogen) atoms. The summed E-state index contributed by atoms with van der Waals surface area (Å²) >= 11 is 6.25. The summed E-state index contributed by atoms with van der Waals surface area (Å²) in [6.45, 7) is 2.02. The lowest BCUT2D eigenvalue weighted by Gasteiger charge is -2.38. The highest BCUT2D eigenvalue weighted by Gasteiger charge is 2.40. The molecular weight excluding hydrogens is 324 g/mol. The Bertz CT molecular complexity index is 862. The number of nitro benzene ring substituents is 1. The molecule has 0 radical (unpaired) electrons. The number of halogens is 1. The minimum Gasteiger partial charge on any atom is -0.377 e. The van der Waals surface area contributed by atoms with Crippen LogP contribution in [0.4, 0.5) is 11.4 Å². The van der Waals surface area contributed by atoms with Gasteiger partial charge in [-0.15, -0.1) is 0 Å². The van der Waals surface area contributed by atoms with Gasteiger partial charge in [0.1, 0.15) is 0 Å². The molecule has 5 heteroatoms. The Kier molecular flexibility index (Phi) is 3.57. The minimum atomic E-state index is -0.293. The van der Waals surface area contributed by atoms with Crippen molar-refractivity contribution in [1.29, 1.82) is 0 Å². The molecule has 0 bridgehead atoms. The smallest absolute Gasteiger partial charge is 0.274 e. The first-order valence-electron chi connectivity index (χ1n) is 8.03. The quantitative estimate of drug-likeness (QED) is 0.453. The van der Waals surface area contributed by atoms with Crippen LogP contribution in [-0.4, -0.2) is 4.92 Å². The molecule has 4 rings (SSSR count). The molecule has 1 heterocycles. The Balaban J connectivity index is 1.86. The standard InChI is InChI=1S/C19H17ClN2O2/c1-11-9-12(20)10-16-13-6-4-7-14(13)19(21-18(11)16)15-5-2-3-8-17(15)22(23)24/h2-6,8-10,13-14,19,21H,7H2,1H3/t13-,14-,19+/m1/s1. The lowest BCUT2D eigenvalue weighted by molar-refractivity contribution is -0.385. The fraction of sp³-hybridized carbons (Fsp3) is 0.263. The fourth-order valence-electron chi connectivity index (χ4n) is 4.07. The summed E-state index contributed by atoms with van der Waals surface area (Å²) in [4.78, 5) is 11.2. The third-order valence-corrected chi connectivity index (χ3v) is 5.32. The average molecular weight is 341 g/mol. The summed E-state index contributed by atoms with van der Waals surface area (Å²) in [7, 11) is 0. The van der Waals surface area contributed by atoms with E-state index in [0.29, 0.717) is 0 Å². The van der Waals surface area contributed by atoms with E-state index < -0.39 is 0 Å². The summed E-state index contributed by atoms with van der Waals surface area (Å²) in [5.41, 5.74) is 4.24. The second kappa shape index (κ2) is 5.64. The number of allylic oxidation sites excluding steroid dienone is 2. The summed E-state index contributed by atoms with van der Waals surface area (Å²) in [5, 5.41) is 15.8. The zero-order valence-corrected chi connectivity index (χ0v) is 14.0. The predicted molar refractivity (Wildman–Crippen MR) is 95.6 cm³/mol. The predicted octanol–water partition coefficient (Wildman–Crippen LogP) is 5.38. The van der Waals surface area contributed by atoms with Gasteiger partial charge in [0.05, 0.1) is 16.5 Å². The number of hydrogen-bond acceptors (Lipinski definition) is 3. The number of anilines is 1. The van der Waals surface area contributed by atoms with Gasteiger partial charge in [-0.3, -0.25) is 10.1 Å². The topological polar surface area (TPSA) is 55.2 Å². The van der Waals surface area contributed by atoms with E-state index in [9.17, 15) is 10.1 Å². The average Bonchev–Trinajstić information content (AvgIpc) is 3.04. The van der Waals surface area contributed by atoms with Gasteiger partial charge in [0.25, 0.3) is 5.69 Å². The van der Waals surface area contributed by atoms with Gasteiger partial charge in [-0.25, -0.2) is 0 Å². The van der Waals surface area contributed by atoms with Crippen molar-refractivity contribution < 1.29 is 4.92 Å². The van der Waals surface area contributed by atoms with E-state index in [1.54, 1.807) is 12.1 Å². The fourth-order valence-corrected chi connectivity index (χ4v) is 4.35. The Morgan fingerprint density at radius 1 is 1.25 bits per heavy atom. The maximum atomic E-state index is 11.5. The van der Waals surface area contributed by atoms with E-state index in [4.69, 9.17) is 11.6 Å². The Morgan fingerprint density at radius 2 is 2.04 bits per heavy atom. The van der Waals surface area contributed by atoms with Gasteiger partial charge in [-0.2, -0.15) is 0 Å². The molecule has 1 aliphatic carbocycles. The maximum Gasteiger partial charge on any atom is 0.274 e. The monoisotopic (exact) mass is 340 g/mol. The van der Waals surface area contributed by atoms with Crippen LogP contribution in [-0.2, 0) is 0 Å². The number of aryl methyl sites for hydroxylation is 1. The highest BCUT2D eigenvalue weighted by Crippen LogP contribution is 2.52. The minimum absolute atomic E-state index is 0.0843. The second-order valence-electron chi connectivity index (χ2n) is 6.48. The third kappa shape index (κ3) is 2.29. The van der Waals surface area contributed by atoms with Crippen molar-refractivity contribution in [2.75, 3.05) is 5.32 Å². The van der Waals surface area contributed by atoms with Crippen LogP contribution >= 0.6 is 11.6 Å². The molecule has 0 fully saturated rings. The van der Waals surface area contributed by atoms with Crippen molar-refractivity contribution in [2.24, 2.45) is 5.92 Å². The highest BCUT2D eigenvalue weighted by atomic mass is 35.5. The molecule has 3 atom stereocenters. The van der Waals surface area contributed by atoms with Gasteiger partial charge in [0.15, 0.2) is 0 Å². The Labute approximate surface area is 145 Å². The van der Waals surface area contributed by atoms with Crippen LogP contribution < -0.4 is 5.32 Å². The summed E-state index contributed by atoms with van der Waals surface area (Å²) in [6, 6.07) is 10.9. The van der Waals surface area contributed by atoms with E-state index in [0.717, 1.165) is 28.3 Å². The van der Waals surface area contributed by atoms with E-state index in [1.807, 2.05) is 31.2 Å². The molecule has 0 saturated heterocycles. The Hall–Kier alpha value is -2.33. The number of rotatable bonds is 2. The lowest BCUT2D eigenvalue weighted by Crippen LogP contribution is -2.30. The molecule has 0 amide bonds. The SMILES string of the molecule is Cc1cc(Cl)cc2c1N[C@H](c1ccccc1[N+](=O)[O-])[C@@H]1CC=C[C@@H]21. The van der Waals surface area contributed by atoms with Crippen molar-refractivity contribution in [3.63, 3.8) is 0 Å². The number of benzene rings is 2. The lowest BCUT2D eigenvalue weighted by atomic mass is 9.76. The molecule has 2 aromatic rings. The van der Waals surface area contributed by atoms with Gasteiger partial charge < -0.3 is 5.32 Å². The second-order valence-corrected chi connectivity index (χ2v) is 6.91. The number of para-hydroxylation sites is 1. The maximum absolute atomic E-state index is 11.5. The van der Waals surface area contributed by atoms with Crippen LogP contribution in [0.15, 0.2) is 48.6 Å². The number of nitrogens with one attached hydrogen (secondary N) is 1. The van der Waals surface area contributed by atoms with Gasteiger partial charge >= 0.3 is 0 Å². The number of nitrogens with zero attached hydrogens (tertiary/aromatic N) is 1. The summed E-state index contributed by atoms with van der Waals surface area (Å²) in [5.74, 6) is 0.500. The molecule has 4 nitrogen and oxygen atoms in total. The zero-order valence-electron chi connectivity index (χ0n) is 13.2. The number of nitro groups is 1. The van der Waals surface area contributed by atoms with E-state index in [1.165, 1.54) is 5.56 Å². The molecular formula is C19H17ClN2O2. The number of fused-ring (bicyclic) bond motifs is 3. The highest BCUT2D eigenvalue weighted by molar-refractivity contribution is 6.30. The molecule has 2 aromatic carbocycles. The van der Waals surface area contributed by atoms with Crippen LogP contribution in [0.1, 0.15) is 35.1 Å². The molecule has 0 aromatic heterocycles. The molecule has 0 saturated carbocycles. The Morgan fingerprint density at radius 3 is 2.83 bits per heavy atom. The number of hydrogen-bond donors (Lipinski definition) is 1. The van der Waals surface area contributed by atoms with E-state index in [2.05, 4.69) is 17.5 Å². The van der Waals surface area contributed by atoms with Gasteiger partial charge in [0, 0.05) is 22.7 Å².